The van der Waals surface area contributed by atoms with Gasteiger partial charge in [-0.3, -0.25) is 4.79 Å². The first-order valence-corrected chi connectivity index (χ1v) is 12.9. The van der Waals surface area contributed by atoms with Crippen LogP contribution in [0.15, 0.2) is 33.9 Å². The third-order valence-electron chi connectivity index (χ3n) is 4.78. The van der Waals surface area contributed by atoms with E-state index in [4.69, 9.17) is 14.2 Å². The Hall–Kier alpha value is -2.90. The number of anilines is 1. The Kier molecular flexibility index (Phi) is 9.29. The van der Waals surface area contributed by atoms with Crippen molar-refractivity contribution in [2.75, 3.05) is 25.3 Å². The fraction of sp³-hybridized carbons (Fsp3) is 0.318. The van der Waals surface area contributed by atoms with E-state index in [1.54, 1.807) is 6.92 Å². The summed E-state index contributed by atoms with van der Waals surface area (Å²) in [5.74, 6) is -0.290. The second-order valence-electron chi connectivity index (χ2n) is 6.97. The van der Waals surface area contributed by atoms with Crippen molar-refractivity contribution < 1.29 is 28.6 Å². The lowest BCUT2D eigenvalue weighted by Crippen LogP contribution is -2.16. The first kappa shape index (κ1) is 26.7. The smallest absolute Gasteiger partial charge is 0.348 e. The summed E-state index contributed by atoms with van der Waals surface area (Å²) in [5, 5.41) is 11.8. The van der Waals surface area contributed by atoms with Crippen molar-refractivity contribution in [3.63, 3.8) is 0 Å². The highest BCUT2D eigenvalue weighted by molar-refractivity contribution is 9.10. The summed E-state index contributed by atoms with van der Waals surface area (Å²) in [5.41, 5.74) is 0.512. The van der Waals surface area contributed by atoms with Gasteiger partial charge in [0.15, 0.2) is 11.0 Å². The van der Waals surface area contributed by atoms with Crippen molar-refractivity contribution >= 4 is 61.9 Å². The summed E-state index contributed by atoms with van der Waals surface area (Å²) >= 11 is 5.54. The first-order chi connectivity index (χ1) is 16.8. The van der Waals surface area contributed by atoms with Crippen LogP contribution in [0.3, 0.4) is 0 Å². The lowest BCUT2D eigenvalue weighted by atomic mass is 10.1. The third kappa shape index (κ3) is 6.41. The maximum Gasteiger partial charge on any atom is 0.348 e. The number of hydrogen-bond donors (Lipinski definition) is 1. The number of thiophene rings is 1. The second-order valence-corrected chi connectivity index (χ2v) is 9.84. The molecule has 0 spiro atoms. The van der Waals surface area contributed by atoms with Crippen molar-refractivity contribution in [3.8, 4) is 5.75 Å². The van der Waals surface area contributed by atoms with Gasteiger partial charge in [-0.15, -0.1) is 21.5 Å². The molecule has 2 heterocycles. The summed E-state index contributed by atoms with van der Waals surface area (Å²) in [6, 6.07) is 7.46. The topological polar surface area (TPSA) is 122 Å². The molecule has 0 radical (unpaired) electrons. The number of halogens is 1. The SMILES string of the molecule is CCn1c(COc2ccc(Br)cc2)nnc1SCC(=O)Nc1sc(C(=O)OC)c(C)c1C(=O)OC. The molecule has 1 N–H and O–H groups in total. The number of nitrogens with one attached hydrogen (secondary N) is 1. The maximum atomic E-state index is 12.7. The van der Waals surface area contributed by atoms with Crippen molar-refractivity contribution in [1.82, 2.24) is 14.8 Å². The molecule has 0 atom stereocenters. The van der Waals surface area contributed by atoms with E-state index in [9.17, 15) is 14.4 Å². The molecule has 0 unspecified atom stereocenters. The molecular formula is C22H23BrN4O6S2. The van der Waals surface area contributed by atoms with Gasteiger partial charge >= 0.3 is 11.9 Å². The van der Waals surface area contributed by atoms with Crippen LogP contribution in [0.1, 0.15) is 38.3 Å². The maximum absolute atomic E-state index is 12.7. The van der Waals surface area contributed by atoms with Crippen molar-refractivity contribution in [2.24, 2.45) is 0 Å². The predicted molar refractivity (Wildman–Crippen MR) is 135 cm³/mol. The zero-order valence-electron chi connectivity index (χ0n) is 19.4. The molecule has 0 aliphatic rings. The van der Waals surface area contributed by atoms with Crippen molar-refractivity contribution in [1.29, 1.82) is 0 Å². The molecule has 2 aromatic heterocycles. The predicted octanol–water partition coefficient (Wildman–Crippen LogP) is 4.31. The van der Waals surface area contributed by atoms with Gasteiger partial charge in [-0.2, -0.15) is 0 Å². The Labute approximate surface area is 218 Å². The van der Waals surface area contributed by atoms with Crippen LogP contribution in [0, 0.1) is 6.92 Å². The van der Waals surface area contributed by atoms with Crippen LogP contribution in [-0.2, 0) is 27.4 Å². The number of esters is 2. The van der Waals surface area contributed by atoms with Crippen molar-refractivity contribution in [3.05, 3.63) is 50.6 Å². The van der Waals surface area contributed by atoms with Gasteiger partial charge in [0.25, 0.3) is 0 Å². The van der Waals surface area contributed by atoms with Gasteiger partial charge in [0.2, 0.25) is 5.91 Å². The zero-order valence-corrected chi connectivity index (χ0v) is 22.6. The van der Waals surface area contributed by atoms with Gasteiger partial charge in [-0.1, -0.05) is 27.7 Å². The fourth-order valence-electron chi connectivity index (χ4n) is 3.06. The van der Waals surface area contributed by atoms with Gasteiger partial charge in [0.1, 0.15) is 22.2 Å². The number of benzene rings is 1. The van der Waals surface area contributed by atoms with E-state index in [0.717, 1.165) is 15.8 Å². The van der Waals surface area contributed by atoms with E-state index in [1.807, 2.05) is 35.8 Å². The Morgan fingerprint density at radius 3 is 2.43 bits per heavy atom. The molecule has 3 rings (SSSR count). The number of rotatable bonds is 10. The lowest BCUT2D eigenvalue weighted by molar-refractivity contribution is -0.113. The summed E-state index contributed by atoms with van der Waals surface area (Å²) in [4.78, 5) is 37.2. The largest absolute Gasteiger partial charge is 0.486 e. The number of hydrogen-bond acceptors (Lipinski definition) is 10. The molecule has 35 heavy (non-hydrogen) atoms. The van der Waals surface area contributed by atoms with Gasteiger partial charge in [0.05, 0.1) is 25.5 Å². The Morgan fingerprint density at radius 1 is 1.11 bits per heavy atom. The molecule has 3 aromatic rings. The fourth-order valence-corrected chi connectivity index (χ4v) is 5.27. The van der Waals surface area contributed by atoms with E-state index >= 15 is 0 Å². The van der Waals surface area contributed by atoms with Crippen LogP contribution < -0.4 is 10.1 Å². The number of carbonyl (C=O) groups excluding carboxylic acids is 3. The summed E-state index contributed by atoms with van der Waals surface area (Å²) in [7, 11) is 2.48. The Bertz CT molecular complexity index is 1230. The molecule has 0 fully saturated rings. The van der Waals surface area contributed by atoms with E-state index in [2.05, 4.69) is 31.4 Å². The Balaban J connectivity index is 1.67. The minimum atomic E-state index is -0.655. The summed E-state index contributed by atoms with van der Waals surface area (Å²) in [6.45, 7) is 4.36. The normalized spacial score (nSPS) is 10.7. The highest BCUT2D eigenvalue weighted by atomic mass is 79.9. The molecular weight excluding hydrogens is 560 g/mol. The number of nitrogens with zero attached hydrogens (tertiary/aromatic N) is 3. The number of thioether (sulfide) groups is 1. The molecule has 0 saturated carbocycles. The zero-order chi connectivity index (χ0) is 25.5. The molecule has 10 nitrogen and oxygen atoms in total. The van der Waals surface area contributed by atoms with Gasteiger partial charge in [0, 0.05) is 11.0 Å². The summed E-state index contributed by atoms with van der Waals surface area (Å²) in [6.07, 6.45) is 0. The Morgan fingerprint density at radius 2 is 1.80 bits per heavy atom. The standard InChI is InChI=1S/C22H23BrN4O6S2/c1-5-27-15(10-33-14-8-6-13(23)7-9-14)25-26-22(27)34-11-16(28)24-19-17(20(29)31-3)12(2)18(35-19)21(30)32-4/h6-9H,5,10-11H2,1-4H3,(H,24,28). The average molecular weight is 583 g/mol. The molecule has 0 aliphatic carbocycles. The number of carbonyl (C=O) groups is 3. The number of ether oxygens (including phenoxy) is 3. The van der Waals surface area contributed by atoms with Crippen LogP contribution in [0.2, 0.25) is 0 Å². The number of methoxy groups -OCH3 is 2. The highest BCUT2D eigenvalue weighted by Gasteiger charge is 2.27. The molecule has 0 bridgehead atoms. The molecule has 186 valence electrons. The quantitative estimate of drug-likeness (QED) is 0.275. The lowest BCUT2D eigenvalue weighted by Gasteiger charge is -2.09. The van der Waals surface area contributed by atoms with Gasteiger partial charge in [-0.05, 0) is 43.7 Å². The molecule has 13 heteroatoms. The second kappa shape index (κ2) is 12.2. The van der Waals surface area contributed by atoms with E-state index in [1.165, 1.54) is 26.0 Å². The highest BCUT2D eigenvalue weighted by Crippen LogP contribution is 2.34. The van der Waals surface area contributed by atoms with Gasteiger partial charge < -0.3 is 24.1 Å². The van der Waals surface area contributed by atoms with Crippen molar-refractivity contribution in [2.45, 2.75) is 32.2 Å². The monoisotopic (exact) mass is 582 g/mol. The van der Waals surface area contributed by atoms with Crippen LogP contribution in [0.25, 0.3) is 0 Å². The number of amides is 1. The molecule has 1 aromatic carbocycles. The molecule has 0 saturated heterocycles. The van der Waals surface area contributed by atoms with E-state index in [-0.39, 0.29) is 33.7 Å². The summed E-state index contributed by atoms with van der Waals surface area (Å²) < 4.78 is 18.2. The minimum absolute atomic E-state index is 0.0107. The third-order valence-corrected chi connectivity index (χ3v) is 7.47. The average Bonchev–Trinajstić information content (AvgIpc) is 3.41. The van der Waals surface area contributed by atoms with Crippen LogP contribution in [-0.4, -0.2) is 52.6 Å². The first-order valence-electron chi connectivity index (χ1n) is 10.3. The van der Waals surface area contributed by atoms with Crippen LogP contribution >= 0.6 is 39.0 Å². The van der Waals surface area contributed by atoms with Crippen LogP contribution in [0.4, 0.5) is 5.00 Å². The minimum Gasteiger partial charge on any atom is -0.486 e. The van der Waals surface area contributed by atoms with E-state index in [0.29, 0.717) is 28.8 Å². The van der Waals surface area contributed by atoms with E-state index < -0.39 is 11.9 Å². The van der Waals surface area contributed by atoms with Crippen LogP contribution in [0.5, 0.6) is 5.75 Å². The molecule has 0 aliphatic heterocycles. The number of aromatic nitrogens is 3. The molecule has 1 amide bonds. The van der Waals surface area contributed by atoms with Gasteiger partial charge in [-0.25, -0.2) is 9.59 Å².